The Hall–Kier alpha value is 0.390. The molecule has 5 aliphatic rings. The van der Waals surface area contributed by atoms with Crippen LogP contribution in [0.4, 0.5) is 0 Å². The minimum atomic E-state index is -0.157. The van der Waals surface area contributed by atoms with Gasteiger partial charge in [-0.15, -0.1) is 0 Å². The second-order valence-corrected chi connectivity index (χ2v) is 23.7. The van der Waals surface area contributed by atoms with Gasteiger partial charge in [-0.1, -0.05) is 128 Å². The molecular formula is C49H87IO2. The molecule has 5 rings (SSSR count). The molecule has 0 radical (unpaired) electrons. The zero-order chi connectivity index (χ0) is 37.5. The van der Waals surface area contributed by atoms with Crippen LogP contribution in [0.25, 0.3) is 0 Å². The molecule has 52 heavy (non-hydrogen) atoms. The normalized spacial score (nSPS) is 35.6. The first-order valence-corrected chi connectivity index (χ1v) is 24.7. The molecule has 0 aromatic rings. The molecule has 5 aliphatic carbocycles. The van der Waals surface area contributed by atoms with Gasteiger partial charge in [0.05, 0.1) is 12.2 Å². The van der Waals surface area contributed by atoms with Gasteiger partial charge in [0.15, 0.2) is 0 Å². The quantitative estimate of drug-likeness (QED) is 0.0820. The Morgan fingerprint density at radius 1 is 0.827 bits per heavy atom. The Morgan fingerprint density at radius 3 is 2.10 bits per heavy atom. The predicted octanol–water partition coefficient (Wildman–Crippen LogP) is 14.5. The van der Waals surface area contributed by atoms with E-state index < -0.39 is 0 Å². The topological polar surface area (TPSA) is 40.5 Å². The van der Waals surface area contributed by atoms with Crippen LogP contribution in [0.2, 0.25) is 0 Å². The summed E-state index contributed by atoms with van der Waals surface area (Å²) in [5, 5.41) is 22.8. The molecular weight excluding hydrogens is 747 g/mol. The Morgan fingerprint density at radius 2 is 1.48 bits per heavy atom. The average Bonchev–Trinajstić information content (AvgIpc) is 3.90. The van der Waals surface area contributed by atoms with Gasteiger partial charge < -0.3 is 10.2 Å². The van der Waals surface area contributed by atoms with Crippen LogP contribution in [-0.4, -0.2) is 26.3 Å². The Kier molecular flexibility index (Phi) is 16.9. The van der Waals surface area contributed by atoms with Gasteiger partial charge >= 0.3 is 0 Å². The molecule has 0 aromatic heterocycles. The average molecular weight is 835 g/mol. The van der Waals surface area contributed by atoms with E-state index in [2.05, 4.69) is 77.1 Å². The van der Waals surface area contributed by atoms with E-state index in [0.29, 0.717) is 34.5 Å². The van der Waals surface area contributed by atoms with E-state index in [1.165, 1.54) is 135 Å². The second kappa shape index (κ2) is 20.2. The number of aliphatic hydroxyl groups excluding tert-OH is 2. The summed E-state index contributed by atoms with van der Waals surface area (Å²) >= 11 is 2.72. The molecule has 2 N–H and O–H groups in total. The number of rotatable bonds is 18. The Bertz CT molecular complexity index is 1050. The summed E-state index contributed by atoms with van der Waals surface area (Å²) in [5.41, 5.74) is 2.94. The highest BCUT2D eigenvalue weighted by Crippen LogP contribution is 2.61. The maximum absolute atomic E-state index is 11.7. The van der Waals surface area contributed by atoms with Crippen LogP contribution >= 0.6 is 22.6 Å². The van der Waals surface area contributed by atoms with Gasteiger partial charge in [0, 0.05) is 3.92 Å². The van der Waals surface area contributed by atoms with Gasteiger partial charge in [-0.3, -0.25) is 0 Å². The molecule has 0 bridgehead atoms. The number of allylic oxidation sites excluding steroid dienone is 2. The van der Waals surface area contributed by atoms with Crippen molar-refractivity contribution in [2.75, 3.05) is 0 Å². The van der Waals surface area contributed by atoms with Gasteiger partial charge in [-0.05, 0) is 186 Å². The molecule has 2 nitrogen and oxygen atoms in total. The summed E-state index contributed by atoms with van der Waals surface area (Å²) in [6.45, 7) is 16.7. The lowest BCUT2D eigenvalue weighted by Crippen LogP contribution is -2.31. The summed E-state index contributed by atoms with van der Waals surface area (Å²) in [4.78, 5) is 0. The number of hydrogen-bond donors (Lipinski definition) is 2. The standard InChI is InChI=1S/C49H87IO2/c1-8-35(3)43(16-11-36(4)46(51)31-38-12-9-34(2)10-13-38)32-47(52)42-17-14-37(15-18-42)27-40-28-39(23-24-48(5,6)7)29-41(30-40)33-49(25-26-49)44-19-21-45(50)22-20-44/h28,34-38,40-47,51-52H,8-27,29-33H2,1-7H3/t34?,35?,36?,37?,38?,40-,41?,42?,43?,44?,45?,46?,47?/m1/s1. The number of aliphatic hydroxyl groups is 2. The van der Waals surface area contributed by atoms with E-state index in [0.717, 1.165) is 65.1 Å². The molecule has 4 fully saturated rings. The fourth-order valence-electron chi connectivity index (χ4n) is 12.1. The minimum Gasteiger partial charge on any atom is -0.393 e. The van der Waals surface area contributed by atoms with Crippen molar-refractivity contribution >= 4 is 22.6 Å². The minimum absolute atomic E-state index is 0.149. The summed E-state index contributed by atoms with van der Waals surface area (Å²) in [6.07, 6.45) is 35.8. The second-order valence-electron chi connectivity index (χ2n) is 21.9. The van der Waals surface area contributed by atoms with Crippen LogP contribution in [0.5, 0.6) is 0 Å². The SMILES string of the molecule is CCC(C)C(CCC(C)C(O)CC1CCC(C)CC1)CC(O)C1CCC(C[C@@H]2C=C(CCC(C)(C)C)CC(CC3(C4CCC(I)CC4)CC3)C2)CC1. The summed E-state index contributed by atoms with van der Waals surface area (Å²) in [6, 6.07) is 0. The zero-order valence-electron chi connectivity index (χ0n) is 35.5. The van der Waals surface area contributed by atoms with Crippen LogP contribution in [-0.2, 0) is 0 Å². The van der Waals surface area contributed by atoms with Crippen molar-refractivity contribution in [3.63, 3.8) is 0 Å². The van der Waals surface area contributed by atoms with E-state index in [-0.39, 0.29) is 12.2 Å². The van der Waals surface area contributed by atoms with Crippen molar-refractivity contribution in [3.05, 3.63) is 11.6 Å². The third-order valence-electron chi connectivity index (χ3n) is 16.4. The lowest BCUT2D eigenvalue weighted by atomic mass is 9.67. The van der Waals surface area contributed by atoms with Crippen LogP contribution in [0.1, 0.15) is 209 Å². The lowest BCUT2D eigenvalue weighted by molar-refractivity contribution is 0.0355. The molecule has 0 amide bonds. The van der Waals surface area contributed by atoms with E-state index in [4.69, 9.17) is 0 Å². The molecule has 0 aromatic carbocycles. The first-order valence-electron chi connectivity index (χ1n) is 23.4. The molecule has 0 saturated heterocycles. The number of alkyl halides is 1. The lowest BCUT2D eigenvalue weighted by Gasteiger charge is -2.39. The third kappa shape index (κ3) is 13.5. The first kappa shape index (κ1) is 43.5. The molecule has 0 heterocycles. The summed E-state index contributed by atoms with van der Waals surface area (Å²) in [5.74, 6) is 7.25. The highest BCUT2D eigenvalue weighted by molar-refractivity contribution is 14.1. The number of halogens is 1. The molecule has 0 aliphatic heterocycles. The van der Waals surface area contributed by atoms with Crippen molar-refractivity contribution in [2.45, 2.75) is 225 Å². The molecule has 3 heteroatoms. The first-order chi connectivity index (χ1) is 24.7. The predicted molar refractivity (Wildman–Crippen MR) is 233 cm³/mol. The van der Waals surface area contributed by atoms with E-state index in [9.17, 15) is 10.2 Å². The Balaban J connectivity index is 1.09. The highest BCUT2D eigenvalue weighted by Gasteiger charge is 2.50. The van der Waals surface area contributed by atoms with Gasteiger partial charge in [-0.25, -0.2) is 0 Å². The molecule has 6 unspecified atom stereocenters. The maximum atomic E-state index is 11.7. The van der Waals surface area contributed by atoms with Crippen LogP contribution < -0.4 is 0 Å². The smallest absolute Gasteiger partial charge is 0.0571 e. The molecule has 4 saturated carbocycles. The van der Waals surface area contributed by atoms with Crippen molar-refractivity contribution in [3.8, 4) is 0 Å². The molecule has 7 atom stereocenters. The van der Waals surface area contributed by atoms with Gasteiger partial charge in [0.25, 0.3) is 0 Å². The fraction of sp³-hybridized carbons (Fsp3) is 0.959. The summed E-state index contributed by atoms with van der Waals surface area (Å²) < 4.78 is 0.932. The van der Waals surface area contributed by atoms with Crippen molar-refractivity contribution in [2.24, 2.45) is 70.0 Å². The Labute approximate surface area is 337 Å². The molecule has 302 valence electrons. The van der Waals surface area contributed by atoms with Crippen molar-refractivity contribution in [1.82, 2.24) is 0 Å². The van der Waals surface area contributed by atoms with E-state index >= 15 is 0 Å². The van der Waals surface area contributed by atoms with Gasteiger partial charge in [-0.2, -0.15) is 0 Å². The zero-order valence-corrected chi connectivity index (χ0v) is 37.7. The summed E-state index contributed by atoms with van der Waals surface area (Å²) in [7, 11) is 0. The van der Waals surface area contributed by atoms with E-state index in [1.54, 1.807) is 0 Å². The van der Waals surface area contributed by atoms with Gasteiger partial charge in [0.2, 0.25) is 0 Å². The third-order valence-corrected chi connectivity index (χ3v) is 17.6. The number of hydrogen-bond acceptors (Lipinski definition) is 2. The van der Waals surface area contributed by atoms with Crippen molar-refractivity contribution in [1.29, 1.82) is 0 Å². The highest BCUT2D eigenvalue weighted by atomic mass is 127. The van der Waals surface area contributed by atoms with Crippen molar-refractivity contribution < 1.29 is 10.2 Å². The monoisotopic (exact) mass is 835 g/mol. The van der Waals surface area contributed by atoms with Crippen LogP contribution in [0, 0.1) is 70.0 Å². The van der Waals surface area contributed by atoms with Crippen LogP contribution in [0.3, 0.4) is 0 Å². The van der Waals surface area contributed by atoms with Gasteiger partial charge in [0.1, 0.15) is 0 Å². The molecule has 0 spiro atoms. The maximum Gasteiger partial charge on any atom is 0.0571 e. The van der Waals surface area contributed by atoms with Crippen LogP contribution in [0.15, 0.2) is 11.6 Å². The van der Waals surface area contributed by atoms with E-state index in [1.807, 2.05) is 5.57 Å². The largest absolute Gasteiger partial charge is 0.393 e. The fourth-order valence-corrected chi connectivity index (χ4v) is 12.8.